The van der Waals surface area contributed by atoms with Crippen LogP contribution in [0, 0.1) is 0 Å². The Labute approximate surface area is 314 Å². The molecule has 2 saturated heterocycles. The summed E-state index contributed by atoms with van der Waals surface area (Å²) < 4.78 is 39.8. The number of nitrogens with one attached hydrogen (secondary N) is 3. The van der Waals surface area contributed by atoms with E-state index in [1.807, 2.05) is 0 Å². The SMILES string of the molecule is CCC1O[C@H](OC2C(O)[C@@H](OC3O[C@H](CO)[C@H](O)C(NC(=O)OC(C)(C)C)[C@H]3O)C(NC(=O)OC(C)(C)C)C[C@@H]2NC(=O)OC(C)(C)C)C(O)[C@H](O)[C@@H]1O. The van der Waals surface area contributed by atoms with Gasteiger partial charge in [-0.25, -0.2) is 14.4 Å². The van der Waals surface area contributed by atoms with Gasteiger partial charge in [-0.15, -0.1) is 0 Å². The number of rotatable bonds is 9. The third-order valence-electron chi connectivity index (χ3n) is 8.60. The van der Waals surface area contributed by atoms with Gasteiger partial charge in [-0.2, -0.15) is 0 Å². The van der Waals surface area contributed by atoms with Crippen molar-refractivity contribution in [2.24, 2.45) is 0 Å². The summed E-state index contributed by atoms with van der Waals surface area (Å²) in [5.41, 5.74) is -2.89. The number of alkyl carbamates (subject to hydrolysis) is 3. The molecule has 10 N–H and O–H groups in total. The van der Waals surface area contributed by atoms with Crippen molar-refractivity contribution in [1.29, 1.82) is 0 Å². The number of hydrogen-bond donors (Lipinski definition) is 10. The van der Waals surface area contributed by atoms with Gasteiger partial charge in [0.05, 0.1) is 30.8 Å². The van der Waals surface area contributed by atoms with E-state index >= 15 is 0 Å². The number of ether oxygens (including phenoxy) is 7. The number of aliphatic hydroxyl groups excluding tert-OH is 7. The van der Waals surface area contributed by atoms with Crippen LogP contribution in [0.25, 0.3) is 0 Å². The molecule has 0 aromatic carbocycles. The summed E-state index contributed by atoms with van der Waals surface area (Å²) >= 11 is 0. The summed E-state index contributed by atoms with van der Waals surface area (Å²) in [6, 6.07) is -4.04. The van der Waals surface area contributed by atoms with E-state index in [2.05, 4.69) is 16.0 Å². The van der Waals surface area contributed by atoms with Crippen molar-refractivity contribution >= 4 is 18.3 Å². The molecule has 20 nitrogen and oxygen atoms in total. The van der Waals surface area contributed by atoms with E-state index < -0.39 is 133 Å². The molecule has 7 unspecified atom stereocenters. The second-order valence-corrected chi connectivity index (χ2v) is 16.7. The standard InChI is InChI=1S/C34H61N3O17/c1-11-16-20(40)22(42)23(43)28(48-16)51-26-15(36-30(46)53-33(5,6)7)12-14(35-29(45)52-32(2,3)4)25(24(26)44)50-27-21(41)18(19(39)17(13-38)49-27)37-31(47)54-34(8,9)10/h14-28,38-44H,11-13H2,1-10H3,(H,35,45)(H,36,46)(H,37,47)/t14?,15-,16?,17+,18?,19-,20+,21+,22+,23?,24?,25-,26?,27?,28+/m0/s1. The smallest absolute Gasteiger partial charge is 0.408 e. The molecule has 1 aliphatic carbocycles. The second kappa shape index (κ2) is 18.1. The van der Waals surface area contributed by atoms with Crippen molar-refractivity contribution < 1.29 is 83.3 Å². The van der Waals surface area contributed by atoms with Crippen molar-refractivity contribution in [2.45, 2.75) is 191 Å². The van der Waals surface area contributed by atoms with Crippen LogP contribution in [-0.4, -0.2) is 169 Å². The normalized spacial score (nSPS) is 37.8. The van der Waals surface area contributed by atoms with Crippen molar-refractivity contribution in [3.63, 3.8) is 0 Å². The topological polar surface area (TPSA) is 294 Å². The van der Waals surface area contributed by atoms with Crippen LogP contribution in [0.5, 0.6) is 0 Å². The maximum atomic E-state index is 13.1. The Balaban J connectivity index is 2.04. The lowest BCUT2D eigenvalue weighted by atomic mass is 9.83. The highest BCUT2D eigenvalue weighted by Crippen LogP contribution is 2.34. The van der Waals surface area contributed by atoms with Crippen molar-refractivity contribution in [1.82, 2.24) is 16.0 Å². The van der Waals surface area contributed by atoms with Gasteiger partial charge in [0.15, 0.2) is 12.6 Å². The molecule has 15 atom stereocenters. The first-order valence-electron chi connectivity index (χ1n) is 18.0. The third kappa shape index (κ3) is 12.4. The van der Waals surface area contributed by atoms with Crippen LogP contribution in [0.1, 0.15) is 82.1 Å². The molecule has 54 heavy (non-hydrogen) atoms. The van der Waals surface area contributed by atoms with Gasteiger partial charge < -0.3 is 84.9 Å². The lowest BCUT2D eigenvalue weighted by Crippen LogP contribution is -2.70. The molecule has 1 saturated carbocycles. The number of carbonyl (C=O) groups is 3. The van der Waals surface area contributed by atoms with Crippen LogP contribution >= 0.6 is 0 Å². The third-order valence-corrected chi connectivity index (χ3v) is 8.60. The monoisotopic (exact) mass is 783 g/mol. The summed E-state index contributed by atoms with van der Waals surface area (Å²) in [6.07, 6.45) is -22.6. The molecule has 20 heteroatoms. The Morgan fingerprint density at radius 1 is 0.574 bits per heavy atom. The molecule has 0 aromatic heterocycles. The summed E-state index contributed by atoms with van der Waals surface area (Å²) in [5.74, 6) is 0. The lowest BCUT2D eigenvalue weighted by molar-refractivity contribution is -0.335. The average molecular weight is 784 g/mol. The second-order valence-electron chi connectivity index (χ2n) is 16.7. The molecule has 0 spiro atoms. The maximum absolute atomic E-state index is 13.1. The van der Waals surface area contributed by atoms with E-state index in [-0.39, 0.29) is 12.8 Å². The summed E-state index contributed by atoms with van der Waals surface area (Å²) in [5, 5.41) is 83.8. The van der Waals surface area contributed by atoms with Gasteiger partial charge in [0.25, 0.3) is 0 Å². The maximum Gasteiger partial charge on any atom is 0.408 e. The van der Waals surface area contributed by atoms with Crippen molar-refractivity contribution in [2.75, 3.05) is 6.61 Å². The molecular formula is C34H61N3O17. The molecule has 3 aliphatic rings. The lowest BCUT2D eigenvalue weighted by Gasteiger charge is -2.49. The van der Waals surface area contributed by atoms with Crippen LogP contribution < -0.4 is 16.0 Å². The van der Waals surface area contributed by atoms with Crippen molar-refractivity contribution in [3.05, 3.63) is 0 Å². The van der Waals surface area contributed by atoms with E-state index in [1.54, 1.807) is 69.2 Å². The van der Waals surface area contributed by atoms with Crippen LogP contribution in [0.15, 0.2) is 0 Å². The zero-order valence-electron chi connectivity index (χ0n) is 32.5. The van der Waals surface area contributed by atoms with Gasteiger partial charge in [0.2, 0.25) is 0 Å². The fraction of sp³-hybridized carbons (Fsp3) is 0.912. The number of amides is 3. The molecule has 0 radical (unpaired) electrons. The summed E-state index contributed by atoms with van der Waals surface area (Å²) in [7, 11) is 0. The summed E-state index contributed by atoms with van der Waals surface area (Å²) in [6.45, 7) is 15.3. The number of carbonyl (C=O) groups excluding carboxylic acids is 3. The molecule has 0 bridgehead atoms. The molecule has 2 aliphatic heterocycles. The Bertz CT molecular complexity index is 1250. The van der Waals surface area contributed by atoms with Gasteiger partial charge in [-0.1, -0.05) is 6.92 Å². The zero-order valence-corrected chi connectivity index (χ0v) is 32.5. The Morgan fingerprint density at radius 2 is 0.981 bits per heavy atom. The summed E-state index contributed by atoms with van der Waals surface area (Å²) in [4.78, 5) is 38.9. The minimum absolute atomic E-state index is 0.193. The Morgan fingerprint density at radius 3 is 1.39 bits per heavy atom. The van der Waals surface area contributed by atoms with E-state index in [4.69, 9.17) is 33.2 Å². The van der Waals surface area contributed by atoms with Crippen LogP contribution in [0.2, 0.25) is 0 Å². The van der Waals surface area contributed by atoms with E-state index in [1.165, 1.54) is 0 Å². The minimum atomic E-state index is -1.90. The van der Waals surface area contributed by atoms with Crippen LogP contribution in [0.4, 0.5) is 14.4 Å². The number of aliphatic hydroxyl groups is 7. The van der Waals surface area contributed by atoms with E-state index in [0.29, 0.717) is 0 Å². The van der Waals surface area contributed by atoms with E-state index in [9.17, 15) is 50.1 Å². The zero-order chi connectivity index (χ0) is 41.1. The quantitative estimate of drug-likeness (QED) is 0.124. The molecule has 314 valence electrons. The molecule has 0 aromatic rings. The molecule has 3 rings (SSSR count). The van der Waals surface area contributed by atoms with Crippen molar-refractivity contribution in [3.8, 4) is 0 Å². The van der Waals surface area contributed by atoms with E-state index in [0.717, 1.165) is 0 Å². The highest BCUT2D eigenvalue weighted by molar-refractivity contribution is 5.69. The van der Waals surface area contributed by atoms with Gasteiger partial charge in [-0.05, 0) is 75.2 Å². The first-order chi connectivity index (χ1) is 24.7. The number of hydrogen-bond acceptors (Lipinski definition) is 17. The predicted molar refractivity (Wildman–Crippen MR) is 185 cm³/mol. The van der Waals surface area contributed by atoms with Crippen LogP contribution in [0.3, 0.4) is 0 Å². The fourth-order valence-corrected chi connectivity index (χ4v) is 6.25. The van der Waals surface area contributed by atoms with Crippen LogP contribution in [-0.2, 0) is 33.2 Å². The van der Waals surface area contributed by atoms with Gasteiger partial charge in [0.1, 0.15) is 71.7 Å². The predicted octanol–water partition coefficient (Wildman–Crippen LogP) is -1.14. The molecule has 3 fully saturated rings. The molecule has 2 heterocycles. The first-order valence-corrected chi connectivity index (χ1v) is 18.0. The first kappa shape index (κ1) is 45.8. The van der Waals surface area contributed by atoms with Gasteiger partial charge in [0, 0.05) is 0 Å². The Hall–Kier alpha value is -2.63. The molecular weight excluding hydrogens is 722 g/mol. The molecule has 3 amide bonds. The largest absolute Gasteiger partial charge is 0.444 e. The average Bonchev–Trinajstić information content (AvgIpc) is 3.01. The van der Waals surface area contributed by atoms with Gasteiger partial charge >= 0.3 is 18.3 Å². The highest BCUT2D eigenvalue weighted by Gasteiger charge is 2.54. The van der Waals surface area contributed by atoms with Gasteiger partial charge in [-0.3, -0.25) is 0 Å². The highest BCUT2D eigenvalue weighted by atomic mass is 16.7. The minimum Gasteiger partial charge on any atom is -0.444 e. The fourth-order valence-electron chi connectivity index (χ4n) is 6.25. The Kier molecular flexibility index (Phi) is 15.3.